The third-order valence-electron chi connectivity index (χ3n) is 6.24. The average molecular weight is 568 g/mol. The summed E-state index contributed by atoms with van der Waals surface area (Å²) in [7, 11) is -3.91. The van der Waals surface area contributed by atoms with Gasteiger partial charge < -0.3 is 20.7 Å². The highest BCUT2D eigenvalue weighted by molar-refractivity contribution is 7.90. The Balaban J connectivity index is 1.52. The lowest BCUT2D eigenvalue weighted by molar-refractivity contribution is -0.128. The van der Waals surface area contributed by atoms with E-state index in [0.29, 0.717) is 18.5 Å². The number of aromatic nitrogens is 2. The number of nitrogens with zero attached hydrogens (tertiary/aromatic N) is 2. The van der Waals surface area contributed by atoms with E-state index in [1.54, 1.807) is 39.0 Å². The fraction of sp³-hybridized carbons (Fsp3) is 0.357. The van der Waals surface area contributed by atoms with Crippen LogP contribution in [0.3, 0.4) is 0 Å². The maximum atomic E-state index is 13.4. The number of benzene rings is 2. The number of fused-ring (bicyclic) bond motifs is 1. The van der Waals surface area contributed by atoms with Crippen molar-refractivity contribution in [3.8, 4) is 0 Å². The number of anilines is 1. The number of rotatable bonds is 7. The van der Waals surface area contributed by atoms with Crippen molar-refractivity contribution < 1.29 is 27.5 Å². The minimum Gasteiger partial charge on any atom is -0.444 e. The lowest BCUT2D eigenvalue weighted by Crippen LogP contribution is -2.53. The van der Waals surface area contributed by atoms with E-state index in [1.807, 2.05) is 25.1 Å². The number of hydrogen-bond acceptors (Lipinski definition) is 7. The number of carbonyl (C=O) groups is 3. The summed E-state index contributed by atoms with van der Waals surface area (Å²) < 4.78 is 32.4. The molecule has 1 aliphatic heterocycles. The molecule has 2 atom stereocenters. The molecule has 12 heteroatoms. The zero-order valence-electron chi connectivity index (χ0n) is 22.8. The number of amides is 3. The molecule has 40 heavy (non-hydrogen) atoms. The smallest absolute Gasteiger partial charge is 0.408 e. The summed E-state index contributed by atoms with van der Waals surface area (Å²) in [5.41, 5.74) is 1.98. The molecule has 0 unspecified atom stereocenters. The lowest BCUT2D eigenvalue weighted by atomic mass is 10.0. The Bertz CT molecular complexity index is 1510. The first-order valence-corrected chi connectivity index (χ1v) is 14.3. The van der Waals surface area contributed by atoms with E-state index in [4.69, 9.17) is 4.74 Å². The van der Waals surface area contributed by atoms with Gasteiger partial charge in [0, 0.05) is 18.3 Å². The number of carbonyl (C=O) groups excluding carboxylic acids is 3. The number of nitrogens with one attached hydrogen (secondary N) is 3. The number of ether oxygens (including phenoxy) is 1. The van der Waals surface area contributed by atoms with Gasteiger partial charge in [-0.05, 0) is 64.3 Å². The van der Waals surface area contributed by atoms with Crippen molar-refractivity contribution in [2.24, 2.45) is 0 Å². The highest BCUT2D eigenvalue weighted by Gasteiger charge is 2.31. The number of hydrogen-bond donors (Lipinski definition) is 3. The van der Waals surface area contributed by atoms with Gasteiger partial charge >= 0.3 is 6.09 Å². The van der Waals surface area contributed by atoms with Gasteiger partial charge in [0.15, 0.2) is 0 Å². The molecular weight excluding hydrogens is 534 g/mol. The molecule has 0 radical (unpaired) electrons. The second kappa shape index (κ2) is 11.5. The van der Waals surface area contributed by atoms with Crippen LogP contribution < -0.4 is 16.0 Å². The van der Waals surface area contributed by atoms with Gasteiger partial charge in [-0.2, -0.15) is 0 Å². The third-order valence-corrected chi connectivity index (χ3v) is 7.86. The van der Waals surface area contributed by atoms with E-state index in [1.165, 1.54) is 18.3 Å². The minimum atomic E-state index is -3.91. The van der Waals surface area contributed by atoms with E-state index in [2.05, 4.69) is 20.9 Å². The van der Waals surface area contributed by atoms with Gasteiger partial charge in [0.1, 0.15) is 24.0 Å². The Hall–Kier alpha value is -4.19. The summed E-state index contributed by atoms with van der Waals surface area (Å²) in [6.45, 7) is 6.92. The summed E-state index contributed by atoms with van der Waals surface area (Å²) in [6, 6.07) is 11.7. The van der Waals surface area contributed by atoms with Crippen LogP contribution in [0.25, 0.3) is 0 Å². The highest BCUT2D eigenvalue weighted by atomic mass is 32.2. The van der Waals surface area contributed by atoms with Crippen molar-refractivity contribution in [2.45, 2.75) is 69.5 Å². The Morgan fingerprint density at radius 3 is 2.55 bits per heavy atom. The van der Waals surface area contributed by atoms with E-state index in [-0.39, 0.29) is 22.9 Å². The Labute approximate surface area is 233 Å². The van der Waals surface area contributed by atoms with Crippen LogP contribution in [0.2, 0.25) is 0 Å². The van der Waals surface area contributed by atoms with Crippen molar-refractivity contribution in [3.05, 3.63) is 77.9 Å². The molecule has 0 aliphatic carbocycles. The molecule has 0 bridgehead atoms. The molecule has 2 heterocycles. The lowest BCUT2D eigenvalue weighted by Gasteiger charge is -2.24. The van der Waals surface area contributed by atoms with Crippen LogP contribution in [0, 0.1) is 6.92 Å². The summed E-state index contributed by atoms with van der Waals surface area (Å²) >= 11 is 0. The molecular formula is C28H33N5O6S. The summed E-state index contributed by atoms with van der Waals surface area (Å²) in [6.07, 6.45) is 2.37. The molecule has 3 aromatic rings. The van der Waals surface area contributed by atoms with Crippen LogP contribution in [-0.4, -0.2) is 53.0 Å². The van der Waals surface area contributed by atoms with Crippen molar-refractivity contribution in [1.82, 2.24) is 19.6 Å². The molecule has 0 saturated heterocycles. The number of aryl methyl sites for hydroxylation is 2. The van der Waals surface area contributed by atoms with Gasteiger partial charge in [0.25, 0.3) is 10.0 Å². The molecule has 3 N–H and O–H groups in total. The average Bonchev–Trinajstić information content (AvgIpc) is 3.29. The SMILES string of the molecule is Cc1ccc(S(=O)(=O)n2cnc(C[C@@H](NC(=O)OC(C)(C)C)C(=O)N[C@@H]3CCc4ccccc4NC3=O)c2)cc1. The molecule has 212 valence electrons. The molecule has 3 amide bonds. The maximum absolute atomic E-state index is 13.4. The first-order valence-electron chi connectivity index (χ1n) is 12.9. The summed E-state index contributed by atoms with van der Waals surface area (Å²) in [5, 5.41) is 8.10. The predicted octanol–water partition coefficient (Wildman–Crippen LogP) is 2.93. The Morgan fingerprint density at radius 2 is 1.85 bits per heavy atom. The standard InChI is InChI=1S/C28H33N5O6S/c1-18-9-12-21(13-10-18)40(37,38)33-16-20(29-17-33)15-24(32-27(36)39-28(2,3)4)26(35)31-23-14-11-19-7-5-6-8-22(19)30-25(23)34/h5-10,12-13,16-17,23-24H,11,14-15H2,1-4H3,(H,30,34)(H,31,35)(H,32,36)/t23-,24-/m1/s1. The zero-order valence-corrected chi connectivity index (χ0v) is 23.6. The fourth-order valence-corrected chi connectivity index (χ4v) is 5.36. The Kier molecular flexibility index (Phi) is 8.29. The largest absolute Gasteiger partial charge is 0.444 e. The van der Waals surface area contributed by atoms with Crippen LogP contribution in [0.5, 0.6) is 0 Å². The quantitative estimate of drug-likeness (QED) is 0.398. The van der Waals surface area contributed by atoms with Crippen LogP contribution in [0.1, 0.15) is 44.0 Å². The summed E-state index contributed by atoms with van der Waals surface area (Å²) in [5.74, 6) is -1.00. The second-order valence-electron chi connectivity index (χ2n) is 10.7. The van der Waals surface area contributed by atoms with Crippen molar-refractivity contribution in [1.29, 1.82) is 0 Å². The van der Waals surface area contributed by atoms with Gasteiger partial charge in [-0.3, -0.25) is 9.59 Å². The predicted molar refractivity (Wildman–Crippen MR) is 148 cm³/mol. The van der Waals surface area contributed by atoms with Gasteiger partial charge in [0.05, 0.1) is 10.6 Å². The molecule has 1 aliphatic rings. The van der Waals surface area contributed by atoms with E-state index >= 15 is 0 Å². The first kappa shape index (κ1) is 28.8. The normalized spacial score (nSPS) is 16.2. The molecule has 0 fully saturated rings. The number of para-hydroxylation sites is 1. The molecule has 4 rings (SSSR count). The molecule has 2 aromatic carbocycles. The van der Waals surface area contributed by atoms with Gasteiger partial charge in [0.2, 0.25) is 11.8 Å². The van der Waals surface area contributed by atoms with Crippen molar-refractivity contribution >= 4 is 33.6 Å². The van der Waals surface area contributed by atoms with E-state index in [9.17, 15) is 22.8 Å². The zero-order chi connectivity index (χ0) is 29.1. The van der Waals surface area contributed by atoms with Crippen LogP contribution in [0.4, 0.5) is 10.5 Å². The van der Waals surface area contributed by atoms with Crippen LogP contribution in [0.15, 0.2) is 66.0 Å². The first-order chi connectivity index (χ1) is 18.8. The van der Waals surface area contributed by atoms with Crippen LogP contribution >= 0.6 is 0 Å². The van der Waals surface area contributed by atoms with Crippen molar-refractivity contribution in [2.75, 3.05) is 5.32 Å². The topological polar surface area (TPSA) is 148 Å². The van der Waals surface area contributed by atoms with Crippen molar-refractivity contribution in [3.63, 3.8) is 0 Å². The van der Waals surface area contributed by atoms with Gasteiger partial charge in [-0.1, -0.05) is 35.9 Å². The molecule has 0 spiro atoms. The summed E-state index contributed by atoms with van der Waals surface area (Å²) in [4.78, 5) is 43.1. The number of alkyl carbamates (subject to hydrolysis) is 1. The molecule has 11 nitrogen and oxygen atoms in total. The number of imidazole rings is 1. The minimum absolute atomic E-state index is 0.0867. The fourth-order valence-electron chi connectivity index (χ4n) is 4.20. The van der Waals surface area contributed by atoms with Gasteiger partial charge in [-0.15, -0.1) is 0 Å². The Morgan fingerprint density at radius 1 is 1.15 bits per heavy atom. The molecule has 1 aromatic heterocycles. The molecule has 0 saturated carbocycles. The van der Waals surface area contributed by atoms with E-state index in [0.717, 1.165) is 21.4 Å². The maximum Gasteiger partial charge on any atom is 0.408 e. The third kappa shape index (κ3) is 7.06. The highest BCUT2D eigenvalue weighted by Crippen LogP contribution is 2.22. The monoisotopic (exact) mass is 567 g/mol. The van der Waals surface area contributed by atoms with Crippen LogP contribution in [-0.2, 0) is 37.2 Å². The second-order valence-corrected chi connectivity index (χ2v) is 12.5. The van der Waals surface area contributed by atoms with Gasteiger partial charge in [-0.25, -0.2) is 22.2 Å². The van der Waals surface area contributed by atoms with E-state index < -0.39 is 39.7 Å².